The van der Waals surface area contributed by atoms with Crippen molar-refractivity contribution in [1.82, 2.24) is 24.8 Å². The summed E-state index contributed by atoms with van der Waals surface area (Å²) in [6.07, 6.45) is 6.29. The molecule has 138 valence electrons. The maximum absolute atomic E-state index is 5.98. The number of aromatic nitrogens is 3. The lowest BCUT2D eigenvalue weighted by atomic mass is 10.2. The van der Waals surface area contributed by atoms with E-state index in [4.69, 9.17) is 5.73 Å². The number of aliphatic imine (C=N–C) groups is 1. The van der Waals surface area contributed by atoms with Gasteiger partial charge in [0, 0.05) is 25.2 Å². The molecule has 0 radical (unpaired) electrons. The zero-order valence-corrected chi connectivity index (χ0v) is 17.1. The zero-order valence-electron chi connectivity index (χ0n) is 14.8. The summed E-state index contributed by atoms with van der Waals surface area (Å²) in [5.74, 6) is 1.52. The minimum atomic E-state index is 0. The van der Waals surface area contributed by atoms with Crippen LogP contribution in [0.4, 0.5) is 0 Å². The number of nitrogens with one attached hydrogen (secondary N) is 1. The number of hydrogen-bond acceptors (Lipinski definition) is 4. The minimum Gasteiger partial charge on any atom is -0.370 e. The van der Waals surface area contributed by atoms with Gasteiger partial charge in [0.15, 0.2) is 11.6 Å². The van der Waals surface area contributed by atoms with E-state index < -0.39 is 0 Å². The number of guanidine groups is 1. The number of halogens is 1. The van der Waals surface area contributed by atoms with Crippen molar-refractivity contribution in [3.8, 4) is 0 Å². The molecule has 7 nitrogen and oxygen atoms in total. The zero-order chi connectivity index (χ0) is 16.8. The first kappa shape index (κ1) is 19.9. The maximum atomic E-state index is 5.98. The minimum absolute atomic E-state index is 0. The van der Waals surface area contributed by atoms with Gasteiger partial charge in [0.1, 0.15) is 5.82 Å². The molecule has 1 unspecified atom stereocenters. The molecule has 0 spiro atoms. The van der Waals surface area contributed by atoms with Gasteiger partial charge >= 0.3 is 0 Å². The molecule has 8 heteroatoms. The number of nitrogens with two attached hydrogens (primary N) is 1. The standard InChI is InChI=1S/C17H27N7.HI/c1-2-23-11-6-7-14(23)13-20-17(18)19-10-5-9-16-22-21-15-8-3-4-12-24(15)16;/h3-4,8,12,14H,2,5-7,9-11,13H2,1H3,(H3,18,19,20);1H. The molecule has 1 saturated heterocycles. The van der Waals surface area contributed by atoms with E-state index in [-0.39, 0.29) is 24.0 Å². The predicted molar refractivity (Wildman–Crippen MR) is 111 cm³/mol. The predicted octanol–water partition coefficient (Wildman–Crippen LogP) is 1.67. The molecule has 3 N–H and O–H groups in total. The molecule has 0 aromatic carbocycles. The quantitative estimate of drug-likeness (QED) is 0.286. The third-order valence-corrected chi connectivity index (χ3v) is 4.65. The van der Waals surface area contributed by atoms with Crippen LogP contribution in [0.1, 0.15) is 32.0 Å². The Bertz CT molecular complexity index is 684. The molecule has 0 bridgehead atoms. The molecule has 25 heavy (non-hydrogen) atoms. The first-order valence-corrected chi connectivity index (χ1v) is 8.84. The van der Waals surface area contributed by atoms with Gasteiger partial charge < -0.3 is 11.1 Å². The lowest BCUT2D eigenvalue weighted by Crippen LogP contribution is -2.36. The van der Waals surface area contributed by atoms with Crippen molar-refractivity contribution >= 4 is 35.6 Å². The lowest BCUT2D eigenvalue weighted by Gasteiger charge is -2.20. The Morgan fingerprint density at radius 3 is 3.12 bits per heavy atom. The summed E-state index contributed by atoms with van der Waals surface area (Å²) in [7, 11) is 0. The Balaban J connectivity index is 0.00000225. The van der Waals surface area contributed by atoms with Crippen LogP contribution < -0.4 is 11.1 Å². The van der Waals surface area contributed by atoms with Gasteiger partial charge in [-0.3, -0.25) is 14.3 Å². The summed E-state index contributed by atoms with van der Waals surface area (Å²) in [5.41, 5.74) is 6.86. The Kier molecular flexibility index (Phi) is 7.89. The van der Waals surface area contributed by atoms with Crippen LogP contribution in [0.3, 0.4) is 0 Å². The van der Waals surface area contributed by atoms with Crippen molar-refractivity contribution in [2.45, 2.75) is 38.6 Å². The van der Waals surface area contributed by atoms with E-state index >= 15 is 0 Å². The second-order valence-electron chi connectivity index (χ2n) is 6.23. The van der Waals surface area contributed by atoms with Crippen molar-refractivity contribution in [2.24, 2.45) is 10.7 Å². The largest absolute Gasteiger partial charge is 0.370 e. The van der Waals surface area contributed by atoms with Gasteiger partial charge in [0.25, 0.3) is 0 Å². The van der Waals surface area contributed by atoms with Crippen LogP contribution in [0.5, 0.6) is 0 Å². The summed E-state index contributed by atoms with van der Waals surface area (Å²) in [4.78, 5) is 6.98. The number of nitrogens with zero attached hydrogens (tertiary/aromatic N) is 5. The molecule has 1 fully saturated rings. The van der Waals surface area contributed by atoms with Gasteiger partial charge in [-0.15, -0.1) is 34.2 Å². The van der Waals surface area contributed by atoms with Gasteiger partial charge in [-0.25, -0.2) is 0 Å². The van der Waals surface area contributed by atoms with E-state index in [1.807, 2.05) is 28.8 Å². The van der Waals surface area contributed by atoms with Crippen LogP contribution in [0.2, 0.25) is 0 Å². The summed E-state index contributed by atoms with van der Waals surface area (Å²) in [6, 6.07) is 6.47. The van der Waals surface area contributed by atoms with Gasteiger partial charge in [-0.1, -0.05) is 13.0 Å². The highest BCUT2D eigenvalue weighted by Gasteiger charge is 2.22. The Morgan fingerprint density at radius 2 is 2.28 bits per heavy atom. The van der Waals surface area contributed by atoms with E-state index in [2.05, 4.69) is 32.3 Å². The third kappa shape index (κ3) is 5.27. The highest BCUT2D eigenvalue weighted by molar-refractivity contribution is 14.0. The highest BCUT2D eigenvalue weighted by atomic mass is 127. The summed E-state index contributed by atoms with van der Waals surface area (Å²) >= 11 is 0. The average molecular weight is 457 g/mol. The van der Waals surface area contributed by atoms with Gasteiger partial charge in [-0.2, -0.15) is 0 Å². The molecule has 3 heterocycles. The van der Waals surface area contributed by atoms with Gasteiger partial charge in [0.2, 0.25) is 0 Å². The number of pyridine rings is 1. The van der Waals surface area contributed by atoms with Crippen LogP contribution in [0.25, 0.3) is 5.65 Å². The Hall–Kier alpha value is -1.42. The van der Waals surface area contributed by atoms with E-state index in [1.54, 1.807) is 0 Å². The molecule has 1 aliphatic heterocycles. The fourth-order valence-corrected chi connectivity index (χ4v) is 3.30. The topological polar surface area (TPSA) is 83.8 Å². The lowest BCUT2D eigenvalue weighted by molar-refractivity contribution is 0.273. The van der Waals surface area contributed by atoms with Crippen molar-refractivity contribution in [2.75, 3.05) is 26.2 Å². The number of aryl methyl sites for hydroxylation is 1. The Labute approximate surface area is 166 Å². The fourth-order valence-electron chi connectivity index (χ4n) is 3.30. The summed E-state index contributed by atoms with van der Waals surface area (Å²) in [6.45, 7) is 6.08. The number of fused-ring (bicyclic) bond motifs is 1. The van der Waals surface area contributed by atoms with Crippen LogP contribution in [-0.2, 0) is 6.42 Å². The smallest absolute Gasteiger partial charge is 0.188 e. The van der Waals surface area contributed by atoms with Gasteiger partial charge in [0.05, 0.1) is 6.54 Å². The average Bonchev–Trinajstić information content (AvgIpc) is 3.23. The maximum Gasteiger partial charge on any atom is 0.188 e. The van der Waals surface area contributed by atoms with Crippen molar-refractivity contribution in [1.29, 1.82) is 0 Å². The molecular formula is C17H28IN7. The summed E-state index contributed by atoms with van der Waals surface area (Å²) in [5, 5.41) is 11.6. The number of hydrogen-bond donors (Lipinski definition) is 2. The van der Waals surface area contributed by atoms with Gasteiger partial charge in [-0.05, 0) is 44.5 Å². The normalized spacial score (nSPS) is 18.4. The summed E-state index contributed by atoms with van der Waals surface area (Å²) < 4.78 is 2.02. The molecule has 1 aliphatic rings. The molecule has 2 aromatic rings. The monoisotopic (exact) mass is 457 g/mol. The molecule has 2 aromatic heterocycles. The third-order valence-electron chi connectivity index (χ3n) is 4.65. The van der Waals surface area contributed by atoms with Crippen molar-refractivity contribution in [3.63, 3.8) is 0 Å². The van der Waals surface area contributed by atoms with E-state index in [0.29, 0.717) is 12.0 Å². The molecule has 0 amide bonds. The SMILES string of the molecule is CCN1CCCC1CN=C(N)NCCCc1nnc2ccccn12.I. The van der Waals surface area contributed by atoms with Crippen LogP contribution in [0.15, 0.2) is 29.4 Å². The van der Waals surface area contributed by atoms with Crippen molar-refractivity contribution in [3.05, 3.63) is 30.2 Å². The number of likely N-dealkylation sites (tertiary alicyclic amines) is 1. The van der Waals surface area contributed by atoms with Crippen molar-refractivity contribution < 1.29 is 0 Å². The van der Waals surface area contributed by atoms with Crippen LogP contribution in [0, 0.1) is 0 Å². The first-order valence-electron chi connectivity index (χ1n) is 8.84. The first-order chi connectivity index (χ1) is 11.8. The molecular weight excluding hydrogens is 429 g/mol. The second-order valence-corrected chi connectivity index (χ2v) is 6.23. The van der Waals surface area contributed by atoms with E-state index in [0.717, 1.165) is 43.9 Å². The fraction of sp³-hybridized carbons (Fsp3) is 0.588. The van der Waals surface area contributed by atoms with Crippen LogP contribution in [-0.4, -0.2) is 57.7 Å². The van der Waals surface area contributed by atoms with Crippen LogP contribution >= 0.6 is 24.0 Å². The molecule has 3 rings (SSSR count). The Morgan fingerprint density at radius 1 is 1.40 bits per heavy atom. The highest BCUT2D eigenvalue weighted by Crippen LogP contribution is 2.16. The molecule has 1 atom stereocenters. The second kappa shape index (κ2) is 9.91. The number of likely N-dealkylation sites (N-methyl/N-ethyl adjacent to an activating group) is 1. The van der Waals surface area contributed by atoms with E-state index in [1.165, 1.54) is 19.4 Å². The molecule has 0 aliphatic carbocycles. The van der Waals surface area contributed by atoms with E-state index in [9.17, 15) is 0 Å². The number of rotatable bonds is 7. The molecule has 0 saturated carbocycles.